The van der Waals surface area contributed by atoms with Crippen molar-refractivity contribution in [2.45, 2.75) is 46.0 Å². The maximum atomic E-state index is 12.9. The van der Waals surface area contributed by atoms with E-state index in [4.69, 9.17) is 4.42 Å². The van der Waals surface area contributed by atoms with Gasteiger partial charge in [0.1, 0.15) is 5.76 Å². The van der Waals surface area contributed by atoms with E-state index in [0.717, 1.165) is 59.5 Å². The molecule has 0 radical (unpaired) electrons. The highest BCUT2D eigenvalue weighted by atomic mass is 16.4. The molecule has 1 aromatic heterocycles. The summed E-state index contributed by atoms with van der Waals surface area (Å²) in [6.07, 6.45) is 3.53. The Morgan fingerprint density at radius 2 is 1.75 bits per heavy atom. The normalized spacial score (nSPS) is 14.1. The molecule has 0 atom stereocenters. The maximum Gasteiger partial charge on any atom is 0.291 e. The number of aryl methyl sites for hydroxylation is 2. The fraction of sp³-hybridized carbons (Fsp3) is 0.269. The van der Waals surface area contributed by atoms with Crippen molar-refractivity contribution in [1.29, 1.82) is 0 Å². The second-order valence-corrected chi connectivity index (χ2v) is 7.97. The van der Waals surface area contributed by atoms with Gasteiger partial charge in [-0.15, -0.1) is 0 Å². The number of fused-ring (bicyclic) bond motifs is 1. The van der Waals surface area contributed by atoms with E-state index in [-0.39, 0.29) is 18.2 Å². The topological polar surface area (TPSA) is 83.7 Å². The largest absolute Gasteiger partial charge is 0.455 e. The lowest BCUT2D eigenvalue weighted by molar-refractivity contribution is -0.120. The highest BCUT2D eigenvalue weighted by Gasteiger charge is 2.28. The van der Waals surface area contributed by atoms with Crippen molar-refractivity contribution in [2.75, 3.05) is 5.32 Å². The van der Waals surface area contributed by atoms with E-state index >= 15 is 0 Å². The molecule has 6 nitrogen and oxygen atoms in total. The predicted molar refractivity (Wildman–Crippen MR) is 125 cm³/mol. The number of carbonyl (C=O) groups is 2. The minimum Gasteiger partial charge on any atom is -0.455 e. The van der Waals surface area contributed by atoms with Gasteiger partial charge in [-0.05, 0) is 49.4 Å². The van der Waals surface area contributed by atoms with Crippen molar-refractivity contribution >= 4 is 23.2 Å². The number of amides is 2. The molecule has 0 saturated heterocycles. The number of carbonyl (C=O) groups excluding carboxylic acids is 2. The number of hydrogen-bond acceptors (Lipinski definition) is 4. The molecule has 0 bridgehead atoms. The summed E-state index contributed by atoms with van der Waals surface area (Å²) in [5.41, 5.74) is 7.87. The SMILES string of the molecule is CCc1ccc(NC(=O)c2oc3c(c2C)/C(=N/NC(=O)Cc2ccccc2)CCC3)cc1. The molecule has 6 heteroatoms. The molecule has 0 unspecified atom stereocenters. The molecule has 1 heterocycles. The lowest BCUT2D eigenvalue weighted by atomic mass is 9.93. The van der Waals surface area contributed by atoms with E-state index in [2.05, 4.69) is 22.8 Å². The zero-order valence-corrected chi connectivity index (χ0v) is 18.4. The number of furan rings is 1. The van der Waals surface area contributed by atoms with Crippen LogP contribution in [0.25, 0.3) is 0 Å². The number of nitrogens with one attached hydrogen (secondary N) is 2. The first-order valence-corrected chi connectivity index (χ1v) is 11.0. The average Bonchev–Trinajstić information content (AvgIpc) is 3.16. The Labute approximate surface area is 187 Å². The van der Waals surface area contributed by atoms with Gasteiger partial charge >= 0.3 is 0 Å². The number of hydrogen-bond donors (Lipinski definition) is 2. The van der Waals surface area contributed by atoms with E-state index < -0.39 is 0 Å². The molecule has 0 spiro atoms. The molecule has 2 aromatic carbocycles. The molecule has 32 heavy (non-hydrogen) atoms. The third-order valence-electron chi connectivity index (χ3n) is 5.68. The van der Waals surface area contributed by atoms with Gasteiger partial charge in [-0.1, -0.05) is 49.4 Å². The molecule has 1 aliphatic rings. The Kier molecular flexibility index (Phi) is 6.50. The van der Waals surface area contributed by atoms with Crippen LogP contribution in [-0.4, -0.2) is 17.5 Å². The molecule has 2 N–H and O–H groups in total. The molecule has 2 amide bonds. The second-order valence-electron chi connectivity index (χ2n) is 7.97. The minimum absolute atomic E-state index is 0.175. The van der Waals surface area contributed by atoms with Gasteiger partial charge in [-0.2, -0.15) is 5.10 Å². The van der Waals surface area contributed by atoms with Crippen LogP contribution in [0.2, 0.25) is 0 Å². The lowest BCUT2D eigenvalue weighted by Crippen LogP contribution is -2.23. The summed E-state index contributed by atoms with van der Waals surface area (Å²) in [4.78, 5) is 25.2. The van der Waals surface area contributed by atoms with Gasteiger partial charge in [0, 0.05) is 23.2 Å². The fourth-order valence-electron chi connectivity index (χ4n) is 3.96. The first-order chi connectivity index (χ1) is 15.5. The van der Waals surface area contributed by atoms with Crippen LogP contribution in [0.3, 0.4) is 0 Å². The number of anilines is 1. The Morgan fingerprint density at radius 1 is 1.00 bits per heavy atom. The van der Waals surface area contributed by atoms with Crippen molar-refractivity contribution in [3.8, 4) is 0 Å². The van der Waals surface area contributed by atoms with Crippen molar-refractivity contribution in [2.24, 2.45) is 5.10 Å². The van der Waals surface area contributed by atoms with Crippen LogP contribution in [-0.2, 0) is 24.1 Å². The molecule has 0 fully saturated rings. The maximum absolute atomic E-state index is 12.9. The third kappa shape index (κ3) is 4.80. The Morgan fingerprint density at radius 3 is 2.47 bits per heavy atom. The zero-order valence-electron chi connectivity index (χ0n) is 18.4. The van der Waals surface area contributed by atoms with Crippen LogP contribution < -0.4 is 10.7 Å². The van der Waals surface area contributed by atoms with Gasteiger partial charge < -0.3 is 9.73 Å². The minimum atomic E-state index is -0.284. The van der Waals surface area contributed by atoms with Crippen molar-refractivity contribution in [3.63, 3.8) is 0 Å². The number of rotatable bonds is 6. The summed E-state index contributed by atoms with van der Waals surface area (Å²) in [6.45, 7) is 3.96. The Bertz CT molecular complexity index is 1150. The van der Waals surface area contributed by atoms with E-state index in [0.29, 0.717) is 5.76 Å². The first-order valence-electron chi connectivity index (χ1n) is 11.0. The summed E-state index contributed by atoms with van der Waals surface area (Å²) in [5.74, 6) is 0.579. The standard InChI is InChI=1S/C26H27N3O3/c1-3-18-12-14-20(15-13-18)27-26(31)25-17(2)24-21(10-7-11-22(24)32-25)28-29-23(30)16-19-8-5-4-6-9-19/h4-6,8-9,12-15H,3,7,10-11,16H2,1-2H3,(H,27,31)(H,29,30)/b28-21+. The van der Waals surface area contributed by atoms with E-state index in [1.54, 1.807) is 0 Å². The van der Waals surface area contributed by atoms with Crippen LogP contribution in [0.1, 0.15) is 58.3 Å². The van der Waals surface area contributed by atoms with Gasteiger partial charge in [-0.3, -0.25) is 9.59 Å². The highest BCUT2D eigenvalue weighted by molar-refractivity contribution is 6.09. The molecule has 164 valence electrons. The quantitative estimate of drug-likeness (QED) is 0.552. The smallest absolute Gasteiger partial charge is 0.291 e. The second kappa shape index (κ2) is 9.64. The lowest BCUT2D eigenvalue weighted by Gasteiger charge is -2.13. The molecule has 3 aromatic rings. The van der Waals surface area contributed by atoms with Crippen molar-refractivity contribution in [3.05, 3.63) is 88.4 Å². The Balaban J connectivity index is 1.49. The Hall–Kier alpha value is -3.67. The van der Waals surface area contributed by atoms with Gasteiger partial charge in [0.15, 0.2) is 5.76 Å². The first kappa shape index (κ1) is 21.6. The number of hydrazone groups is 1. The number of nitrogens with zero attached hydrogens (tertiary/aromatic N) is 1. The van der Waals surface area contributed by atoms with Crippen molar-refractivity contribution in [1.82, 2.24) is 5.43 Å². The van der Waals surface area contributed by atoms with E-state index in [1.807, 2.05) is 61.5 Å². The van der Waals surface area contributed by atoms with Gasteiger partial charge in [0.05, 0.1) is 12.1 Å². The van der Waals surface area contributed by atoms with Crippen LogP contribution in [0.5, 0.6) is 0 Å². The molecular formula is C26H27N3O3. The highest BCUT2D eigenvalue weighted by Crippen LogP contribution is 2.30. The molecule has 0 aliphatic heterocycles. The summed E-state index contributed by atoms with van der Waals surface area (Å²) in [6, 6.07) is 17.3. The average molecular weight is 430 g/mol. The van der Waals surface area contributed by atoms with Crippen LogP contribution >= 0.6 is 0 Å². The fourth-order valence-corrected chi connectivity index (χ4v) is 3.96. The predicted octanol–water partition coefficient (Wildman–Crippen LogP) is 4.80. The van der Waals surface area contributed by atoms with Crippen LogP contribution in [0, 0.1) is 6.92 Å². The third-order valence-corrected chi connectivity index (χ3v) is 5.68. The van der Waals surface area contributed by atoms with Gasteiger partial charge in [0.2, 0.25) is 5.91 Å². The van der Waals surface area contributed by atoms with Gasteiger partial charge in [0.25, 0.3) is 5.91 Å². The summed E-state index contributed by atoms with van der Waals surface area (Å²) >= 11 is 0. The zero-order chi connectivity index (χ0) is 22.5. The molecule has 4 rings (SSSR count). The molecule has 0 saturated carbocycles. The molecule has 1 aliphatic carbocycles. The van der Waals surface area contributed by atoms with Crippen molar-refractivity contribution < 1.29 is 14.0 Å². The number of benzene rings is 2. The monoisotopic (exact) mass is 429 g/mol. The van der Waals surface area contributed by atoms with Crippen LogP contribution in [0.15, 0.2) is 64.1 Å². The summed E-state index contributed by atoms with van der Waals surface area (Å²) in [7, 11) is 0. The summed E-state index contributed by atoms with van der Waals surface area (Å²) in [5, 5.41) is 7.29. The summed E-state index contributed by atoms with van der Waals surface area (Å²) < 4.78 is 5.94. The van der Waals surface area contributed by atoms with E-state index in [9.17, 15) is 9.59 Å². The molecular weight excluding hydrogens is 402 g/mol. The van der Waals surface area contributed by atoms with Crippen LogP contribution in [0.4, 0.5) is 5.69 Å². The van der Waals surface area contributed by atoms with Gasteiger partial charge in [-0.25, -0.2) is 5.43 Å². The van der Waals surface area contributed by atoms with E-state index in [1.165, 1.54) is 5.56 Å².